The second kappa shape index (κ2) is 25.9. The largest absolute Gasteiger partial charge is 0.342 e. The molecule has 0 saturated carbocycles. The van der Waals surface area contributed by atoms with Crippen molar-refractivity contribution in [2.24, 2.45) is 0 Å². The molecule has 0 saturated heterocycles. The van der Waals surface area contributed by atoms with E-state index in [2.05, 4.69) is 23.6 Å². The maximum Gasteiger partial charge on any atom is 0.342 e. The topological polar surface area (TPSA) is 93.1 Å². The summed E-state index contributed by atoms with van der Waals surface area (Å²) in [6.07, 6.45) is 19.8. The van der Waals surface area contributed by atoms with Crippen LogP contribution < -0.4 is 0 Å². The highest BCUT2D eigenvalue weighted by molar-refractivity contribution is 5.68. The molecule has 0 aromatic heterocycles. The Hall–Kier alpha value is -1.14. The maximum absolute atomic E-state index is 10.5. The zero-order valence-corrected chi connectivity index (χ0v) is 18.3. The van der Waals surface area contributed by atoms with Gasteiger partial charge in [0.15, 0.2) is 0 Å². The van der Waals surface area contributed by atoms with E-state index in [0.29, 0.717) is 12.8 Å². The zero-order chi connectivity index (χ0) is 21.3. The summed E-state index contributed by atoms with van der Waals surface area (Å²) in [6.45, 7) is 4.41. The van der Waals surface area contributed by atoms with Gasteiger partial charge in [-0.15, -0.1) is 0 Å². The van der Waals surface area contributed by atoms with E-state index >= 15 is 0 Å². The van der Waals surface area contributed by atoms with Crippen molar-refractivity contribution < 1.29 is 29.9 Å². The molecule has 0 fully saturated rings. The summed E-state index contributed by atoms with van der Waals surface area (Å²) >= 11 is 0. The minimum Gasteiger partial charge on any atom is -0.301 e. The second-order valence-electron chi connectivity index (χ2n) is 7.38. The average molecular weight is 405 g/mol. The van der Waals surface area contributed by atoms with Gasteiger partial charge in [-0.2, -0.15) is 10.5 Å². The summed E-state index contributed by atoms with van der Waals surface area (Å²) in [7, 11) is 0. The lowest BCUT2D eigenvalue weighted by Crippen LogP contribution is -1.99. The fraction of sp³-hybridized carbons (Fsp3) is 0.909. The van der Waals surface area contributed by atoms with Crippen LogP contribution in [0.5, 0.6) is 0 Å². The van der Waals surface area contributed by atoms with Crippen molar-refractivity contribution in [2.75, 3.05) is 0 Å². The molecule has 6 heteroatoms. The number of carbonyl (C=O) groups excluding carboxylic acids is 2. The molecule has 6 nitrogen and oxygen atoms in total. The molecular weight excluding hydrogens is 360 g/mol. The fourth-order valence-corrected chi connectivity index (χ4v) is 2.90. The predicted molar refractivity (Wildman–Crippen MR) is 112 cm³/mol. The Bertz CT molecular complexity index is 333. The van der Waals surface area contributed by atoms with Crippen LogP contribution in [0.3, 0.4) is 0 Å². The van der Waals surface area contributed by atoms with E-state index < -0.39 is 11.9 Å². The van der Waals surface area contributed by atoms with Crippen molar-refractivity contribution in [1.82, 2.24) is 0 Å². The molecule has 0 aliphatic carbocycles. The van der Waals surface area contributed by atoms with Crippen LogP contribution in [0, 0.1) is 0 Å². The molecular formula is C22H44O6. The molecule has 0 spiro atoms. The van der Waals surface area contributed by atoms with Gasteiger partial charge in [0, 0.05) is 12.8 Å². The Kier molecular flexibility index (Phi) is 26.8. The van der Waals surface area contributed by atoms with Crippen molar-refractivity contribution in [3.05, 3.63) is 0 Å². The van der Waals surface area contributed by atoms with E-state index in [4.69, 9.17) is 10.5 Å². The highest BCUT2D eigenvalue weighted by Crippen LogP contribution is 2.10. The van der Waals surface area contributed by atoms with Crippen LogP contribution in [-0.4, -0.2) is 22.5 Å². The normalized spacial score (nSPS) is 10.1. The second-order valence-corrected chi connectivity index (χ2v) is 7.38. The van der Waals surface area contributed by atoms with Crippen molar-refractivity contribution in [2.45, 2.75) is 129 Å². The number of unbranched alkanes of at least 4 members (excludes halogenated alkanes) is 14. The highest BCUT2D eigenvalue weighted by atomic mass is 17.1. The first kappa shape index (κ1) is 29.1. The quantitative estimate of drug-likeness (QED) is 0.144. The Balaban J connectivity index is 0. The summed E-state index contributed by atoms with van der Waals surface area (Å²) in [4.78, 5) is 28.2. The number of rotatable bonds is 18. The van der Waals surface area contributed by atoms with Crippen molar-refractivity contribution >= 4 is 11.9 Å². The van der Waals surface area contributed by atoms with Gasteiger partial charge in [0.1, 0.15) is 0 Å². The van der Waals surface area contributed by atoms with E-state index in [1.807, 2.05) is 0 Å². The van der Waals surface area contributed by atoms with Crippen LogP contribution in [-0.2, 0) is 19.4 Å². The van der Waals surface area contributed by atoms with Crippen LogP contribution in [0.4, 0.5) is 0 Å². The highest BCUT2D eigenvalue weighted by Gasteiger charge is 2.01. The zero-order valence-electron chi connectivity index (χ0n) is 18.3. The maximum atomic E-state index is 10.5. The summed E-state index contributed by atoms with van der Waals surface area (Å²) in [5.74, 6) is -1.04. The smallest absolute Gasteiger partial charge is 0.301 e. The molecule has 0 aromatic rings. The van der Waals surface area contributed by atoms with E-state index in [0.717, 1.165) is 25.7 Å². The molecule has 2 N–H and O–H groups in total. The van der Waals surface area contributed by atoms with Gasteiger partial charge in [-0.05, 0) is 12.8 Å². The average Bonchev–Trinajstić information content (AvgIpc) is 2.71. The molecule has 0 aliphatic heterocycles. The summed E-state index contributed by atoms with van der Waals surface area (Å²) < 4.78 is 0. The lowest BCUT2D eigenvalue weighted by atomic mass is 10.1. The third-order valence-corrected chi connectivity index (χ3v) is 4.67. The van der Waals surface area contributed by atoms with Gasteiger partial charge < -0.3 is 9.78 Å². The first-order valence-corrected chi connectivity index (χ1v) is 11.3. The number of hydrogen-bond donors (Lipinski definition) is 2. The van der Waals surface area contributed by atoms with Crippen molar-refractivity contribution in [3.63, 3.8) is 0 Å². The van der Waals surface area contributed by atoms with Crippen LogP contribution >= 0.6 is 0 Å². The monoisotopic (exact) mass is 404 g/mol. The van der Waals surface area contributed by atoms with E-state index in [1.165, 1.54) is 77.0 Å². The van der Waals surface area contributed by atoms with Gasteiger partial charge in [0.2, 0.25) is 0 Å². The molecule has 0 aliphatic rings. The van der Waals surface area contributed by atoms with Gasteiger partial charge in [-0.1, -0.05) is 104 Å². The first-order chi connectivity index (χ1) is 13.6. The van der Waals surface area contributed by atoms with Gasteiger partial charge in [0.05, 0.1) is 0 Å². The van der Waals surface area contributed by atoms with Crippen LogP contribution in [0.25, 0.3) is 0 Å². The Labute approximate surface area is 171 Å². The fourth-order valence-electron chi connectivity index (χ4n) is 2.90. The number of hydrogen-bond acceptors (Lipinski definition) is 6. The lowest BCUT2D eigenvalue weighted by Gasteiger charge is -2.00. The summed E-state index contributed by atoms with van der Waals surface area (Å²) in [5.41, 5.74) is 0. The van der Waals surface area contributed by atoms with Crippen molar-refractivity contribution in [3.8, 4) is 0 Å². The molecule has 0 bridgehead atoms. The third-order valence-electron chi connectivity index (χ3n) is 4.67. The Morgan fingerprint density at radius 3 is 1.00 bits per heavy atom. The molecule has 0 unspecified atom stereocenters. The number of carbonyl (C=O) groups is 2. The molecule has 0 rings (SSSR count). The molecule has 0 aromatic carbocycles. The van der Waals surface area contributed by atoms with Crippen LogP contribution in [0.1, 0.15) is 129 Å². The molecule has 168 valence electrons. The standard InChI is InChI=1S/C12H24O3.C10H20O3/c1-2-3-4-5-6-7-8-9-10-11-12(13)15-14;1-2-3-4-5-6-7-8-9-10(11)13-12/h14H,2-11H2,1H3;12H,2-9H2,1H3. The van der Waals surface area contributed by atoms with Crippen LogP contribution in [0.2, 0.25) is 0 Å². The van der Waals surface area contributed by atoms with Gasteiger partial charge >= 0.3 is 11.9 Å². The summed E-state index contributed by atoms with van der Waals surface area (Å²) in [6, 6.07) is 0. The Morgan fingerprint density at radius 1 is 0.500 bits per heavy atom. The minimum absolute atomic E-state index is 0.338. The SMILES string of the molecule is CCCCCCCCCC(=O)OO.CCCCCCCCCCCC(=O)OO. The molecule has 0 amide bonds. The molecule has 0 radical (unpaired) electrons. The van der Waals surface area contributed by atoms with Gasteiger partial charge in [0.25, 0.3) is 0 Å². The van der Waals surface area contributed by atoms with Gasteiger partial charge in [-0.3, -0.25) is 0 Å². The van der Waals surface area contributed by atoms with E-state index in [9.17, 15) is 9.59 Å². The van der Waals surface area contributed by atoms with E-state index in [1.54, 1.807) is 0 Å². The molecule has 0 heterocycles. The van der Waals surface area contributed by atoms with Crippen molar-refractivity contribution in [1.29, 1.82) is 0 Å². The molecule has 28 heavy (non-hydrogen) atoms. The summed E-state index contributed by atoms with van der Waals surface area (Å²) in [5, 5.41) is 16.0. The van der Waals surface area contributed by atoms with Gasteiger partial charge in [-0.25, -0.2) is 9.59 Å². The lowest BCUT2D eigenvalue weighted by molar-refractivity contribution is -0.234. The van der Waals surface area contributed by atoms with Crippen LogP contribution in [0.15, 0.2) is 0 Å². The molecule has 0 atom stereocenters. The third kappa shape index (κ3) is 27.1. The predicted octanol–water partition coefficient (Wildman–Crippen LogP) is 7.07. The minimum atomic E-state index is -0.520. The Morgan fingerprint density at radius 2 is 0.750 bits per heavy atom. The first-order valence-electron chi connectivity index (χ1n) is 11.3. The van der Waals surface area contributed by atoms with E-state index in [-0.39, 0.29) is 0 Å².